The van der Waals surface area contributed by atoms with Crippen LogP contribution in [-0.4, -0.2) is 123 Å². The lowest BCUT2D eigenvalue weighted by Gasteiger charge is -2.48. The first-order valence-electron chi connectivity index (χ1n) is 13.5. The second-order valence-corrected chi connectivity index (χ2v) is 17.4. The predicted octanol–water partition coefficient (Wildman–Crippen LogP) is -0.580. The fraction of sp³-hybridized carbons (Fsp3) is 0.941. The van der Waals surface area contributed by atoms with Crippen LogP contribution in [0.1, 0.15) is 39.0 Å². The Morgan fingerprint density at radius 3 is 1.18 bits per heavy atom. The van der Waals surface area contributed by atoms with Gasteiger partial charge in [-0.25, -0.2) is 27.4 Å². The Kier molecular flexibility index (Phi) is 18.9. The van der Waals surface area contributed by atoms with Crippen molar-refractivity contribution in [3.63, 3.8) is 0 Å². The number of hydrogen-bond donors (Lipinski definition) is 11. The van der Waals surface area contributed by atoms with Crippen molar-refractivity contribution in [1.82, 2.24) is 0 Å². The summed E-state index contributed by atoms with van der Waals surface area (Å²) in [5, 5.41) is 0. The van der Waals surface area contributed by atoms with Crippen molar-refractivity contribution in [2.45, 2.75) is 81.8 Å². The maximum atomic E-state index is 13.1. The molecule has 0 aromatic carbocycles. The molecular formula is C17H38O27P6. The summed E-state index contributed by atoms with van der Waals surface area (Å²) in [5.74, 6) is -0.816. The van der Waals surface area contributed by atoms with Gasteiger partial charge in [-0.2, -0.15) is 0 Å². The Morgan fingerprint density at radius 2 is 0.880 bits per heavy atom. The van der Waals surface area contributed by atoms with Crippen LogP contribution in [0, 0.1) is 0 Å². The summed E-state index contributed by atoms with van der Waals surface area (Å²) in [7, 11) is -35.4. The molecule has 0 heterocycles. The van der Waals surface area contributed by atoms with Gasteiger partial charge < -0.3 is 63.3 Å². The van der Waals surface area contributed by atoms with Crippen LogP contribution in [0.25, 0.3) is 0 Å². The number of esters is 1. The van der Waals surface area contributed by atoms with E-state index < -0.39 is 109 Å². The van der Waals surface area contributed by atoms with Crippen LogP contribution < -0.4 is 0 Å². The van der Waals surface area contributed by atoms with E-state index in [0.717, 1.165) is 20.0 Å². The summed E-state index contributed by atoms with van der Waals surface area (Å²) in [6, 6.07) is 0. The highest BCUT2D eigenvalue weighted by atomic mass is 31.2. The van der Waals surface area contributed by atoms with Gasteiger partial charge in [0.05, 0.1) is 13.2 Å². The molecule has 0 bridgehead atoms. The van der Waals surface area contributed by atoms with Crippen molar-refractivity contribution in [2.75, 3.05) is 20.3 Å². The molecule has 0 spiro atoms. The quantitative estimate of drug-likeness (QED) is 0.0348. The maximum Gasteiger partial charge on any atom is 0.472 e. The third kappa shape index (κ3) is 20.0. The van der Waals surface area contributed by atoms with Crippen LogP contribution in [0.3, 0.4) is 0 Å². The fourth-order valence-corrected chi connectivity index (χ4v) is 7.99. The molecule has 1 saturated carbocycles. The molecular weight excluding hydrogens is 822 g/mol. The first-order valence-corrected chi connectivity index (χ1v) is 22.6. The van der Waals surface area contributed by atoms with Crippen molar-refractivity contribution in [2.24, 2.45) is 0 Å². The molecule has 1 aliphatic rings. The summed E-state index contributed by atoms with van der Waals surface area (Å²) >= 11 is 0. The number of rotatable bonds is 23. The van der Waals surface area contributed by atoms with Crippen LogP contribution in [0.5, 0.6) is 0 Å². The van der Waals surface area contributed by atoms with Crippen molar-refractivity contribution < 1.29 is 127 Å². The summed E-state index contributed by atoms with van der Waals surface area (Å²) in [6.45, 7) is 0.325. The van der Waals surface area contributed by atoms with Crippen molar-refractivity contribution in [3.05, 3.63) is 0 Å². The highest BCUT2D eigenvalue weighted by Crippen LogP contribution is 2.58. The zero-order valence-electron chi connectivity index (χ0n) is 25.6. The summed E-state index contributed by atoms with van der Waals surface area (Å²) in [6.07, 6.45) is -18.0. The SMILES string of the molecule is CCCCCCC(=O)O[C@H](COC)COP(=O)(O)OC1[C@@H](OP(=O)(O)O)[C@H](OP(=O)(O)O)C(OP(=O)(O)O)[C@H](OP(=O)(O)O)[C@H]1OP(=O)(O)O. The average Bonchev–Trinajstić information content (AvgIpc) is 2.88. The van der Waals surface area contributed by atoms with Gasteiger partial charge in [-0.1, -0.05) is 26.2 Å². The lowest BCUT2D eigenvalue weighted by atomic mass is 9.85. The van der Waals surface area contributed by atoms with Gasteiger partial charge in [0.1, 0.15) is 42.7 Å². The van der Waals surface area contributed by atoms with Gasteiger partial charge in [0.15, 0.2) is 0 Å². The Labute approximate surface area is 282 Å². The van der Waals surface area contributed by atoms with Crippen LogP contribution in [0.4, 0.5) is 0 Å². The van der Waals surface area contributed by atoms with Crippen molar-refractivity contribution >= 4 is 52.9 Å². The molecule has 27 nitrogen and oxygen atoms in total. The highest BCUT2D eigenvalue weighted by Gasteiger charge is 2.63. The Bertz CT molecular complexity index is 1320. The van der Waals surface area contributed by atoms with E-state index in [9.17, 15) is 86.0 Å². The molecule has 0 aromatic heterocycles. The standard InChI is InChI=1S/C17H38O27P6/c1-3-4-5-6-7-11(18)38-10(8-36-2)9-37-50(34,35)44-17-15(42-48(28,29)30)13(40-46(22,23)24)12(39-45(19,20)21)14(41-47(25,26)27)16(17)43-49(31,32)33/h10,12-17H,3-9H2,1-2H3,(H,34,35)(H2,19,20,21)(H2,22,23,24)(H2,25,26,27)(H2,28,29,30)(H2,31,32,33)/t10-,12?,13-,14+,15+,16-,17?/m1/s1. The second-order valence-electron chi connectivity index (χ2n) is 10.0. The Morgan fingerprint density at radius 1 is 0.540 bits per heavy atom. The van der Waals surface area contributed by atoms with Gasteiger partial charge in [0.25, 0.3) is 0 Å². The van der Waals surface area contributed by atoms with E-state index in [1.807, 2.05) is 6.92 Å². The lowest BCUT2D eigenvalue weighted by Crippen LogP contribution is -2.66. The van der Waals surface area contributed by atoms with Gasteiger partial charge in [-0.15, -0.1) is 0 Å². The molecule has 1 fully saturated rings. The van der Waals surface area contributed by atoms with Crippen LogP contribution >= 0.6 is 46.9 Å². The van der Waals surface area contributed by atoms with E-state index in [1.54, 1.807) is 0 Å². The first-order chi connectivity index (χ1) is 22.5. The molecule has 298 valence electrons. The molecule has 11 N–H and O–H groups in total. The summed E-state index contributed by atoms with van der Waals surface area (Å²) in [5.41, 5.74) is 0. The van der Waals surface area contributed by atoms with E-state index >= 15 is 0 Å². The minimum atomic E-state index is -6.12. The predicted molar refractivity (Wildman–Crippen MR) is 156 cm³/mol. The molecule has 0 saturated heterocycles. The Balaban J connectivity index is 3.78. The smallest absolute Gasteiger partial charge is 0.457 e. The van der Waals surface area contributed by atoms with Gasteiger partial charge in [-0.05, 0) is 6.42 Å². The van der Waals surface area contributed by atoms with Gasteiger partial charge in [-0.3, -0.25) is 36.5 Å². The summed E-state index contributed by atoms with van der Waals surface area (Å²) < 4.78 is 113. The molecule has 1 rings (SSSR count). The lowest BCUT2D eigenvalue weighted by molar-refractivity contribution is -0.202. The van der Waals surface area contributed by atoms with E-state index in [-0.39, 0.29) is 6.42 Å². The zero-order valence-corrected chi connectivity index (χ0v) is 31.0. The highest BCUT2D eigenvalue weighted by molar-refractivity contribution is 7.48. The van der Waals surface area contributed by atoms with E-state index in [4.69, 9.17) is 18.5 Å². The fourth-order valence-electron chi connectivity index (χ4n) is 4.24. The van der Waals surface area contributed by atoms with E-state index in [1.165, 1.54) is 0 Å². The van der Waals surface area contributed by atoms with Crippen LogP contribution in [-0.2, 0) is 73.3 Å². The monoisotopic (exact) mass is 860 g/mol. The molecule has 0 radical (unpaired) electrons. The van der Waals surface area contributed by atoms with Crippen LogP contribution in [0.15, 0.2) is 0 Å². The normalized spacial score (nSPS) is 25.9. The molecule has 8 atom stereocenters. The third-order valence-corrected chi connectivity index (χ3v) is 9.38. The largest absolute Gasteiger partial charge is 0.472 e. The Hall–Kier alpha value is 0.0900. The maximum absolute atomic E-state index is 13.1. The van der Waals surface area contributed by atoms with E-state index in [0.29, 0.717) is 12.8 Å². The third-order valence-electron chi connectivity index (χ3n) is 5.80. The van der Waals surface area contributed by atoms with E-state index in [2.05, 4.69) is 22.6 Å². The molecule has 3 unspecified atom stereocenters. The van der Waals surface area contributed by atoms with Crippen molar-refractivity contribution in [1.29, 1.82) is 0 Å². The number of unbranched alkanes of at least 4 members (excludes halogenated alkanes) is 3. The van der Waals surface area contributed by atoms with Gasteiger partial charge >= 0.3 is 52.9 Å². The molecule has 0 aliphatic heterocycles. The minimum Gasteiger partial charge on any atom is -0.457 e. The number of carbonyl (C=O) groups is 1. The number of phosphoric acid groups is 6. The molecule has 0 amide bonds. The topological polar surface area (TPSA) is 425 Å². The van der Waals surface area contributed by atoms with Gasteiger partial charge in [0, 0.05) is 13.5 Å². The molecule has 1 aliphatic carbocycles. The number of hydrogen-bond acceptors (Lipinski definition) is 16. The number of phosphoric ester groups is 6. The number of methoxy groups -OCH3 is 1. The zero-order chi connectivity index (χ0) is 38.9. The van der Waals surface area contributed by atoms with Crippen LogP contribution in [0.2, 0.25) is 0 Å². The average molecular weight is 860 g/mol. The molecule has 33 heteroatoms. The molecule has 50 heavy (non-hydrogen) atoms. The second kappa shape index (κ2) is 19.6. The molecule has 0 aromatic rings. The first kappa shape index (κ1) is 48.1. The van der Waals surface area contributed by atoms with Crippen molar-refractivity contribution in [3.8, 4) is 0 Å². The number of ether oxygens (including phenoxy) is 2. The minimum absolute atomic E-state index is 0.0991. The summed E-state index contributed by atoms with van der Waals surface area (Å²) in [4.78, 5) is 117. The number of carbonyl (C=O) groups excluding carboxylic acids is 1. The van der Waals surface area contributed by atoms with Gasteiger partial charge in [0.2, 0.25) is 0 Å².